The first-order valence-corrected chi connectivity index (χ1v) is 4.29. The van der Waals surface area contributed by atoms with Crippen LogP contribution in [0, 0.1) is 13.5 Å². The second-order valence-corrected chi connectivity index (χ2v) is 2.96. The van der Waals surface area contributed by atoms with Crippen LogP contribution in [0.15, 0.2) is 36.4 Å². The third-order valence-corrected chi connectivity index (χ3v) is 2.16. The maximum absolute atomic E-state index is 3.09. The Labute approximate surface area is 129 Å². The quantitative estimate of drug-likeness (QED) is 0.478. The third-order valence-electron chi connectivity index (χ3n) is 2.16. The van der Waals surface area contributed by atoms with Gasteiger partial charge < -0.3 is 7.43 Å². The van der Waals surface area contributed by atoms with E-state index in [1.807, 2.05) is 12.1 Å². The fourth-order valence-electron chi connectivity index (χ4n) is 1.40. The zero-order chi connectivity index (χ0) is 8.39. The maximum Gasteiger partial charge on any atom is 1.00 e. The summed E-state index contributed by atoms with van der Waals surface area (Å²) in [5.41, 5.74) is 1.39. The van der Waals surface area contributed by atoms with Crippen LogP contribution in [-0.2, 0) is 6.42 Å². The molecule has 0 N–H and O–H groups in total. The monoisotopic (exact) mass is 209 g/mol. The molecule has 0 bridgehead atoms. The summed E-state index contributed by atoms with van der Waals surface area (Å²) in [4.78, 5) is 0. The van der Waals surface area contributed by atoms with Crippen LogP contribution < -0.4 is 51.4 Å². The molecule has 0 aliphatic carbocycles. The Bertz CT molecular complexity index is 393. The Kier molecular flexibility index (Phi) is 6.92. The molecular weight excluding hydrogens is 195 g/mol. The van der Waals surface area contributed by atoms with Crippen molar-refractivity contribution in [2.45, 2.75) is 13.3 Å². The average molecular weight is 209 g/mol. The molecule has 0 nitrogen and oxygen atoms in total. The molecule has 0 fully saturated rings. The van der Waals surface area contributed by atoms with Crippen LogP contribution in [0.3, 0.4) is 0 Å². The van der Waals surface area contributed by atoms with Crippen LogP contribution in [0.4, 0.5) is 0 Å². The van der Waals surface area contributed by atoms with Crippen LogP contribution in [0.5, 0.6) is 0 Å². The van der Waals surface area contributed by atoms with E-state index in [0.29, 0.717) is 0 Å². The summed E-state index contributed by atoms with van der Waals surface area (Å²) in [7, 11) is 0. The Morgan fingerprint density at radius 3 is 2.64 bits per heavy atom. The number of rotatable bonds is 1. The second kappa shape index (κ2) is 6.75. The maximum atomic E-state index is 3.09. The summed E-state index contributed by atoms with van der Waals surface area (Å²) < 4.78 is 0. The normalized spacial score (nSPS) is 8.93. The number of hydrogen-bond donors (Lipinski definition) is 0. The van der Waals surface area contributed by atoms with Gasteiger partial charge in [0.25, 0.3) is 0 Å². The summed E-state index contributed by atoms with van der Waals surface area (Å²) >= 11 is 0. The first-order chi connectivity index (χ1) is 5.90. The molecule has 0 saturated carbocycles. The summed E-state index contributed by atoms with van der Waals surface area (Å²) in [5, 5.41) is 2.59. The second-order valence-electron chi connectivity index (χ2n) is 2.96. The first kappa shape index (κ1) is 14.3. The van der Waals surface area contributed by atoms with Crippen molar-refractivity contribution in [2.24, 2.45) is 0 Å². The van der Waals surface area contributed by atoms with E-state index in [9.17, 15) is 0 Å². The molecule has 0 unspecified atom stereocenters. The van der Waals surface area contributed by atoms with Gasteiger partial charge in [0.15, 0.2) is 0 Å². The third kappa shape index (κ3) is 3.18. The summed E-state index contributed by atoms with van der Waals surface area (Å²) in [5.74, 6) is 0. The van der Waals surface area contributed by atoms with Gasteiger partial charge in [0.05, 0.1) is 0 Å². The molecule has 0 aliphatic rings. The van der Waals surface area contributed by atoms with Gasteiger partial charge in [-0.25, -0.2) is 0 Å². The van der Waals surface area contributed by atoms with Crippen molar-refractivity contribution in [2.75, 3.05) is 0 Å². The predicted molar refractivity (Wildman–Crippen MR) is 58.6 cm³/mol. The zero-order valence-corrected chi connectivity index (χ0v) is 12.3. The molecule has 2 aromatic carbocycles. The van der Waals surface area contributed by atoms with E-state index in [1.165, 1.54) is 16.3 Å². The van der Waals surface area contributed by atoms with Crippen molar-refractivity contribution in [3.8, 4) is 0 Å². The van der Waals surface area contributed by atoms with Crippen molar-refractivity contribution in [3.63, 3.8) is 0 Å². The van der Waals surface area contributed by atoms with Gasteiger partial charge >= 0.3 is 51.4 Å². The molecule has 0 radical (unpaired) electrons. The molecule has 0 aliphatic heterocycles. The van der Waals surface area contributed by atoms with Gasteiger partial charge in [0.2, 0.25) is 0 Å². The number of hydrogen-bond acceptors (Lipinski definition) is 0. The topological polar surface area (TPSA) is 0 Å². The minimum Gasteiger partial charge on any atom is -0.358 e. The predicted octanol–water partition coefficient (Wildman–Crippen LogP) is 0.657. The SMILES string of the molecule is CCc1ccc2cc[c-]cc2c1.[CH3-].[K+]. The number of benzene rings is 2. The van der Waals surface area contributed by atoms with Gasteiger partial charge in [-0.15, -0.1) is 16.8 Å². The van der Waals surface area contributed by atoms with Crippen LogP contribution in [0.1, 0.15) is 12.5 Å². The van der Waals surface area contributed by atoms with Gasteiger partial charge in [-0.05, 0) is 6.42 Å². The Balaban J connectivity index is 0.000000845. The molecule has 0 amide bonds. The molecule has 0 aromatic heterocycles. The Hall–Kier alpha value is 0.336. The number of aryl methyl sites for hydroxylation is 1. The molecule has 14 heavy (non-hydrogen) atoms. The molecule has 0 heterocycles. The minimum absolute atomic E-state index is 0. The van der Waals surface area contributed by atoms with Gasteiger partial charge in [-0.1, -0.05) is 24.6 Å². The van der Waals surface area contributed by atoms with E-state index in [0.717, 1.165) is 6.42 Å². The van der Waals surface area contributed by atoms with Gasteiger partial charge in [0.1, 0.15) is 0 Å². The van der Waals surface area contributed by atoms with E-state index in [-0.39, 0.29) is 58.8 Å². The summed E-state index contributed by atoms with van der Waals surface area (Å²) in [6, 6.07) is 15.7. The average Bonchev–Trinajstić information content (AvgIpc) is 2.17. The molecule has 0 atom stereocenters. The smallest absolute Gasteiger partial charge is 0.358 e. The molecule has 2 rings (SSSR count). The van der Waals surface area contributed by atoms with E-state index in [2.05, 4.69) is 37.3 Å². The van der Waals surface area contributed by atoms with Gasteiger partial charge in [-0.2, -0.15) is 24.3 Å². The Morgan fingerprint density at radius 1 is 1.14 bits per heavy atom. The summed E-state index contributed by atoms with van der Waals surface area (Å²) in [6.07, 6.45) is 1.10. The minimum atomic E-state index is 0. The van der Waals surface area contributed by atoms with E-state index < -0.39 is 0 Å². The van der Waals surface area contributed by atoms with Crippen LogP contribution >= 0.6 is 0 Å². The zero-order valence-electron chi connectivity index (χ0n) is 9.17. The fraction of sp³-hybridized carbons (Fsp3) is 0.154. The molecule has 0 saturated heterocycles. The molecule has 68 valence electrons. The van der Waals surface area contributed by atoms with Crippen molar-refractivity contribution < 1.29 is 51.4 Å². The van der Waals surface area contributed by atoms with E-state index in [4.69, 9.17) is 0 Å². The van der Waals surface area contributed by atoms with Gasteiger partial charge in [0, 0.05) is 0 Å². The van der Waals surface area contributed by atoms with Crippen LogP contribution in [0.25, 0.3) is 10.8 Å². The fourth-order valence-corrected chi connectivity index (χ4v) is 1.40. The van der Waals surface area contributed by atoms with Crippen molar-refractivity contribution >= 4 is 10.8 Å². The van der Waals surface area contributed by atoms with E-state index >= 15 is 0 Å². The van der Waals surface area contributed by atoms with Crippen LogP contribution in [-0.4, -0.2) is 0 Å². The molecular formula is C13H14K-. The molecule has 0 spiro atoms. The van der Waals surface area contributed by atoms with Crippen molar-refractivity contribution in [1.82, 2.24) is 0 Å². The van der Waals surface area contributed by atoms with Crippen molar-refractivity contribution in [1.29, 1.82) is 0 Å². The Morgan fingerprint density at radius 2 is 1.93 bits per heavy atom. The molecule has 1 heteroatoms. The summed E-state index contributed by atoms with van der Waals surface area (Å²) in [6.45, 7) is 2.17. The van der Waals surface area contributed by atoms with Crippen molar-refractivity contribution in [3.05, 3.63) is 55.5 Å². The molecule has 2 aromatic rings. The van der Waals surface area contributed by atoms with E-state index in [1.54, 1.807) is 0 Å². The van der Waals surface area contributed by atoms with Crippen LogP contribution in [0.2, 0.25) is 0 Å². The first-order valence-electron chi connectivity index (χ1n) is 4.29. The van der Waals surface area contributed by atoms with Gasteiger partial charge in [-0.3, -0.25) is 0 Å². The largest absolute Gasteiger partial charge is 1.00 e. The standard InChI is InChI=1S/C12H11.CH3.K/c1-2-10-7-8-11-5-3-4-6-12(11)9-10;;/h3,5-9H,2H2,1H3;1H3;/q2*-1;+1. The number of fused-ring (bicyclic) bond motifs is 1.